The number of nitrogens with two attached hydrogens (primary N) is 1. The third kappa shape index (κ3) is 4.37. The van der Waals surface area contributed by atoms with Crippen molar-refractivity contribution in [2.75, 3.05) is 11.9 Å². The van der Waals surface area contributed by atoms with Gasteiger partial charge in [0, 0.05) is 24.6 Å². The molecule has 0 fully saturated rings. The average Bonchev–Trinajstić information content (AvgIpc) is 3.27. The summed E-state index contributed by atoms with van der Waals surface area (Å²) < 4.78 is 32.7. The molecule has 31 heavy (non-hydrogen) atoms. The number of rotatable bonds is 2. The average molecular weight is 427 g/mol. The molecule has 10 heteroatoms. The van der Waals surface area contributed by atoms with Gasteiger partial charge in [0.25, 0.3) is 5.91 Å². The number of aryl methyl sites for hydroxylation is 1. The molecule has 2 amide bonds. The Morgan fingerprint density at radius 3 is 2.74 bits per heavy atom. The molecular formula is C21H19F2N5O3. The fraction of sp³-hybridized carbons (Fsp3) is 0.238. The van der Waals surface area contributed by atoms with Gasteiger partial charge in [0.15, 0.2) is 5.82 Å². The number of carbonyl (C=O) groups excluding carboxylic acids is 2. The summed E-state index contributed by atoms with van der Waals surface area (Å²) in [5.74, 6) is -1.25. The molecule has 2 aromatic carbocycles. The number of primary amides is 1. The normalized spacial score (nSPS) is 16.7. The number of hydrogen-bond donors (Lipinski definition) is 2. The number of fused-ring (bicyclic) bond motifs is 2. The molecule has 2 aliphatic heterocycles. The van der Waals surface area contributed by atoms with Crippen LogP contribution >= 0.6 is 0 Å². The van der Waals surface area contributed by atoms with Gasteiger partial charge >= 0.3 is 0 Å². The minimum Gasteiger partial charge on any atom is -0.491 e. The monoisotopic (exact) mass is 427 g/mol. The number of nitrogens with one attached hydrogen (secondary N) is 1. The van der Waals surface area contributed by atoms with Crippen molar-refractivity contribution in [1.82, 2.24) is 14.8 Å². The highest BCUT2D eigenvalue weighted by Crippen LogP contribution is 2.32. The van der Waals surface area contributed by atoms with Crippen LogP contribution in [0.4, 0.5) is 14.5 Å². The van der Waals surface area contributed by atoms with E-state index in [9.17, 15) is 18.4 Å². The zero-order valence-electron chi connectivity index (χ0n) is 16.3. The zero-order chi connectivity index (χ0) is 22.0. The Bertz CT molecular complexity index is 1130. The number of nitrogens with zero attached hydrogens (tertiary/aromatic N) is 3. The molecular weight excluding hydrogens is 408 g/mol. The summed E-state index contributed by atoms with van der Waals surface area (Å²) >= 11 is 0. The summed E-state index contributed by atoms with van der Waals surface area (Å²) in [6, 6.07) is 11.9. The number of aromatic nitrogens is 3. The van der Waals surface area contributed by atoms with Crippen LogP contribution < -0.4 is 15.8 Å². The standard InChI is InChI=1S/C12H12N4O.C9H7F2NO2/c13-10(17)11-14-12-9(6-7-16(12)15-11)8-4-2-1-3-5-8;10-5-3-6(11)9-7(4-5)14-2-1-8(13)12-9/h1-5,9H,6-7H2,(H2,13,17);3-4H,1-2H2,(H,12,13). The summed E-state index contributed by atoms with van der Waals surface area (Å²) in [7, 11) is 0. The van der Waals surface area contributed by atoms with E-state index in [-0.39, 0.29) is 42.1 Å². The maximum atomic E-state index is 13.2. The van der Waals surface area contributed by atoms with Gasteiger partial charge in [-0.2, -0.15) is 0 Å². The van der Waals surface area contributed by atoms with E-state index in [0.717, 1.165) is 24.9 Å². The number of halogens is 2. The topological polar surface area (TPSA) is 112 Å². The Morgan fingerprint density at radius 2 is 2.00 bits per heavy atom. The van der Waals surface area contributed by atoms with Crippen molar-refractivity contribution in [3.8, 4) is 5.75 Å². The summed E-state index contributed by atoms with van der Waals surface area (Å²) in [6.45, 7) is 0.914. The lowest BCUT2D eigenvalue weighted by Crippen LogP contribution is -2.14. The van der Waals surface area contributed by atoms with E-state index in [1.165, 1.54) is 5.56 Å². The van der Waals surface area contributed by atoms with Gasteiger partial charge in [-0.1, -0.05) is 30.3 Å². The number of anilines is 1. The molecule has 3 heterocycles. The Kier molecular flexibility index (Phi) is 5.61. The third-order valence-corrected chi connectivity index (χ3v) is 4.93. The second-order valence-electron chi connectivity index (χ2n) is 7.04. The lowest BCUT2D eigenvalue weighted by atomic mass is 9.97. The molecule has 1 aromatic heterocycles. The molecule has 0 aliphatic carbocycles. The van der Waals surface area contributed by atoms with Crippen LogP contribution in [0.25, 0.3) is 0 Å². The van der Waals surface area contributed by atoms with Crippen LogP contribution in [-0.2, 0) is 11.3 Å². The zero-order valence-corrected chi connectivity index (χ0v) is 16.3. The van der Waals surface area contributed by atoms with Crippen LogP contribution in [0, 0.1) is 11.6 Å². The van der Waals surface area contributed by atoms with E-state index in [0.29, 0.717) is 6.07 Å². The lowest BCUT2D eigenvalue weighted by molar-refractivity contribution is -0.116. The molecule has 3 N–H and O–H groups in total. The molecule has 1 unspecified atom stereocenters. The third-order valence-electron chi connectivity index (χ3n) is 4.93. The van der Waals surface area contributed by atoms with Crippen LogP contribution in [0.2, 0.25) is 0 Å². The van der Waals surface area contributed by atoms with E-state index in [1.54, 1.807) is 4.68 Å². The van der Waals surface area contributed by atoms with Crippen LogP contribution in [0.3, 0.4) is 0 Å². The van der Waals surface area contributed by atoms with Crippen molar-refractivity contribution >= 4 is 17.5 Å². The molecule has 0 bridgehead atoms. The highest BCUT2D eigenvalue weighted by molar-refractivity contribution is 5.93. The predicted octanol–water partition coefficient (Wildman–Crippen LogP) is 2.60. The molecule has 0 spiro atoms. The number of benzene rings is 2. The largest absolute Gasteiger partial charge is 0.491 e. The van der Waals surface area contributed by atoms with Crippen molar-refractivity contribution in [2.24, 2.45) is 5.73 Å². The Hall–Kier alpha value is -3.82. The molecule has 0 saturated heterocycles. The highest BCUT2D eigenvalue weighted by atomic mass is 19.1. The summed E-state index contributed by atoms with van der Waals surface area (Å²) in [6.07, 6.45) is 1.11. The Morgan fingerprint density at radius 1 is 1.23 bits per heavy atom. The molecule has 1 atom stereocenters. The van der Waals surface area contributed by atoms with Gasteiger partial charge in [-0.05, 0) is 12.0 Å². The predicted molar refractivity (Wildman–Crippen MR) is 107 cm³/mol. The number of amides is 2. The van der Waals surface area contributed by atoms with Crippen molar-refractivity contribution in [3.63, 3.8) is 0 Å². The van der Waals surface area contributed by atoms with Crippen LogP contribution in [0.5, 0.6) is 5.75 Å². The van der Waals surface area contributed by atoms with Gasteiger partial charge in [-0.25, -0.2) is 18.4 Å². The van der Waals surface area contributed by atoms with Gasteiger partial charge < -0.3 is 15.8 Å². The van der Waals surface area contributed by atoms with Crippen LogP contribution in [-0.4, -0.2) is 33.2 Å². The highest BCUT2D eigenvalue weighted by Gasteiger charge is 2.28. The van der Waals surface area contributed by atoms with Crippen molar-refractivity contribution in [3.05, 3.63) is 71.3 Å². The first-order chi connectivity index (χ1) is 14.9. The van der Waals surface area contributed by atoms with E-state index in [2.05, 4.69) is 27.5 Å². The number of carbonyl (C=O) groups is 2. The second-order valence-corrected chi connectivity index (χ2v) is 7.04. The SMILES string of the molecule is NC(=O)c1nc2n(n1)CCC2c1ccccc1.O=C1CCOc2cc(F)cc(F)c2N1. The minimum absolute atomic E-state index is 0.0355. The number of hydrogen-bond acceptors (Lipinski definition) is 5. The van der Waals surface area contributed by atoms with E-state index in [4.69, 9.17) is 10.5 Å². The second kappa shape index (κ2) is 8.50. The first kappa shape index (κ1) is 20.5. The van der Waals surface area contributed by atoms with E-state index in [1.807, 2.05) is 18.2 Å². The molecule has 0 radical (unpaired) electrons. The van der Waals surface area contributed by atoms with Crippen LogP contribution in [0.1, 0.15) is 40.8 Å². The molecule has 0 saturated carbocycles. The summed E-state index contributed by atoms with van der Waals surface area (Å²) in [5, 5.41) is 6.41. The molecule has 5 rings (SSSR count). The molecule has 2 aliphatic rings. The first-order valence-electron chi connectivity index (χ1n) is 9.63. The molecule has 3 aromatic rings. The van der Waals surface area contributed by atoms with Gasteiger partial charge in [-0.15, -0.1) is 5.10 Å². The van der Waals surface area contributed by atoms with Gasteiger partial charge in [0.05, 0.1) is 13.0 Å². The van der Waals surface area contributed by atoms with Crippen molar-refractivity contribution in [2.45, 2.75) is 25.3 Å². The lowest BCUT2D eigenvalue weighted by Gasteiger charge is -2.07. The van der Waals surface area contributed by atoms with E-state index >= 15 is 0 Å². The Labute approximate surface area is 176 Å². The van der Waals surface area contributed by atoms with Gasteiger partial charge in [0.2, 0.25) is 11.7 Å². The van der Waals surface area contributed by atoms with Crippen molar-refractivity contribution < 1.29 is 23.1 Å². The van der Waals surface area contributed by atoms with Crippen molar-refractivity contribution in [1.29, 1.82) is 0 Å². The smallest absolute Gasteiger partial charge is 0.288 e. The summed E-state index contributed by atoms with van der Waals surface area (Å²) in [5.41, 5.74) is 6.30. The first-order valence-corrected chi connectivity index (χ1v) is 9.63. The van der Waals surface area contributed by atoms with Gasteiger partial charge in [-0.3, -0.25) is 9.59 Å². The maximum absolute atomic E-state index is 13.2. The summed E-state index contributed by atoms with van der Waals surface area (Å²) in [4.78, 5) is 26.3. The number of ether oxygens (including phenoxy) is 1. The van der Waals surface area contributed by atoms with E-state index < -0.39 is 17.5 Å². The molecule has 160 valence electrons. The fourth-order valence-electron chi connectivity index (χ4n) is 3.50. The Balaban J connectivity index is 0.000000152. The maximum Gasteiger partial charge on any atom is 0.288 e. The quantitative estimate of drug-likeness (QED) is 0.653. The minimum atomic E-state index is -0.824. The fourth-order valence-corrected chi connectivity index (χ4v) is 3.50. The van der Waals surface area contributed by atoms with Gasteiger partial charge in [0.1, 0.15) is 23.1 Å². The van der Waals surface area contributed by atoms with Crippen LogP contribution in [0.15, 0.2) is 42.5 Å². The molecule has 8 nitrogen and oxygen atoms in total.